The van der Waals surface area contributed by atoms with Gasteiger partial charge in [-0.05, 0) is 31.7 Å². The van der Waals surface area contributed by atoms with Crippen LogP contribution in [0.2, 0.25) is 0 Å². The molecule has 1 fully saturated rings. The van der Waals surface area contributed by atoms with Gasteiger partial charge >= 0.3 is 0 Å². The number of aromatic nitrogens is 1. The molecule has 0 atom stereocenters. The Morgan fingerprint density at radius 3 is 2.44 bits per heavy atom. The highest BCUT2D eigenvalue weighted by Gasteiger charge is 2.40. The fourth-order valence-corrected chi connectivity index (χ4v) is 2.75. The second kappa shape index (κ2) is 4.17. The summed E-state index contributed by atoms with van der Waals surface area (Å²) in [6, 6.07) is 1.51. The first-order valence-electron chi connectivity index (χ1n) is 6.18. The molecular formula is C13H14N2O3. The lowest BCUT2D eigenvalue weighted by atomic mass is 9.92. The van der Waals surface area contributed by atoms with E-state index in [0.717, 1.165) is 0 Å². The fraction of sp³-hybridized carbons (Fsp3) is 0.462. The van der Waals surface area contributed by atoms with E-state index in [1.165, 1.54) is 17.3 Å². The number of carbonyl (C=O) groups is 2. The third-order valence-electron chi connectivity index (χ3n) is 3.75. The molecule has 1 saturated carbocycles. The van der Waals surface area contributed by atoms with Crippen LogP contribution >= 0.6 is 0 Å². The van der Waals surface area contributed by atoms with E-state index in [0.29, 0.717) is 36.8 Å². The minimum atomic E-state index is -0.293. The van der Waals surface area contributed by atoms with E-state index in [1.807, 2.05) is 0 Å². The summed E-state index contributed by atoms with van der Waals surface area (Å²) in [7, 11) is 0. The number of carbonyl (C=O) groups excluding carboxylic acids is 2. The Balaban J connectivity index is 1.88. The van der Waals surface area contributed by atoms with E-state index < -0.39 is 0 Å². The molecule has 2 heterocycles. The number of nitrogens with zero attached hydrogens (tertiary/aromatic N) is 2. The zero-order chi connectivity index (χ0) is 12.7. The standard InChI is InChI=1S/C13H14N2O3/c16-9-3-1-8(2-4-9)15-12(17)10-5-6-14-7-11(10)13(15)18/h5-9,16H,1-4H2. The summed E-state index contributed by atoms with van der Waals surface area (Å²) >= 11 is 0. The first-order chi connectivity index (χ1) is 8.68. The molecule has 5 heteroatoms. The van der Waals surface area contributed by atoms with Crippen LogP contribution < -0.4 is 0 Å². The predicted molar refractivity (Wildman–Crippen MR) is 63.0 cm³/mol. The van der Waals surface area contributed by atoms with E-state index in [2.05, 4.69) is 4.98 Å². The van der Waals surface area contributed by atoms with Crippen molar-refractivity contribution in [2.45, 2.75) is 37.8 Å². The lowest BCUT2D eigenvalue weighted by Gasteiger charge is -2.31. The van der Waals surface area contributed by atoms with E-state index in [1.54, 1.807) is 6.07 Å². The first-order valence-corrected chi connectivity index (χ1v) is 6.18. The SMILES string of the molecule is O=C1c2ccncc2C(=O)N1C1CCC(O)CC1. The van der Waals surface area contributed by atoms with Crippen LogP contribution in [0.3, 0.4) is 0 Å². The van der Waals surface area contributed by atoms with E-state index >= 15 is 0 Å². The number of hydrogen-bond donors (Lipinski definition) is 1. The second-order valence-electron chi connectivity index (χ2n) is 4.86. The smallest absolute Gasteiger partial charge is 0.263 e. The van der Waals surface area contributed by atoms with E-state index in [-0.39, 0.29) is 24.0 Å². The van der Waals surface area contributed by atoms with Crippen LogP contribution in [0.5, 0.6) is 0 Å². The van der Waals surface area contributed by atoms with Crippen molar-refractivity contribution >= 4 is 11.8 Å². The van der Waals surface area contributed by atoms with Crippen molar-refractivity contribution in [1.82, 2.24) is 9.88 Å². The zero-order valence-corrected chi connectivity index (χ0v) is 9.87. The van der Waals surface area contributed by atoms with Gasteiger partial charge < -0.3 is 5.11 Å². The van der Waals surface area contributed by atoms with Gasteiger partial charge in [-0.3, -0.25) is 19.5 Å². The maximum absolute atomic E-state index is 12.2. The summed E-state index contributed by atoms with van der Waals surface area (Å²) in [5.74, 6) is -0.469. The fourth-order valence-electron chi connectivity index (χ4n) is 2.75. The second-order valence-corrected chi connectivity index (χ2v) is 4.86. The zero-order valence-electron chi connectivity index (χ0n) is 9.87. The average Bonchev–Trinajstić information content (AvgIpc) is 2.64. The van der Waals surface area contributed by atoms with Crippen molar-refractivity contribution in [3.05, 3.63) is 29.6 Å². The number of amides is 2. The average molecular weight is 246 g/mol. The molecule has 0 unspecified atom stereocenters. The lowest BCUT2D eigenvalue weighted by Crippen LogP contribution is -2.42. The summed E-state index contributed by atoms with van der Waals surface area (Å²) in [4.78, 5) is 29.6. The summed E-state index contributed by atoms with van der Waals surface area (Å²) in [6.07, 6.45) is 5.34. The molecule has 1 N–H and O–H groups in total. The van der Waals surface area contributed by atoms with Gasteiger partial charge in [0.25, 0.3) is 11.8 Å². The van der Waals surface area contributed by atoms with Gasteiger partial charge in [-0.15, -0.1) is 0 Å². The van der Waals surface area contributed by atoms with Gasteiger partial charge in [0.15, 0.2) is 0 Å². The van der Waals surface area contributed by atoms with Crippen molar-refractivity contribution in [1.29, 1.82) is 0 Å². The van der Waals surface area contributed by atoms with Crippen LogP contribution in [0.25, 0.3) is 0 Å². The van der Waals surface area contributed by atoms with Gasteiger partial charge in [-0.1, -0.05) is 0 Å². The Kier molecular flexibility index (Phi) is 2.63. The normalized spacial score (nSPS) is 27.5. The van der Waals surface area contributed by atoms with Crippen LogP contribution in [0.15, 0.2) is 18.5 Å². The molecule has 0 aromatic carbocycles. The number of imide groups is 1. The first kappa shape index (κ1) is 11.3. The molecule has 2 aliphatic rings. The van der Waals surface area contributed by atoms with Gasteiger partial charge in [-0.25, -0.2) is 0 Å². The van der Waals surface area contributed by atoms with Crippen LogP contribution in [0.4, 0.5) is 0 Å². The lowest BCUT2D eigenvalue weighted by molar-refractivity contribution is 0.0449. The highest BCUT2D eigenvalue weighted by atomic mass is 16.3. The number of hydrogen-bond acceptors (Lipinski definition) is 4. The molecule has 1 aliphatic heterocycles. The van der Waals surface area contributed by atoms with Crippen molar-refractivity contribution in [3.8, 4) is 0 Å². The Labute approximate surface area is 104 Å². The quantitative estimate of drug-likeness (QED) is 0.750. The molecule has 3 rings (SSSR count). The third-order valence-corrected chi connectivity index (χ3v) is 3.75. The Morgan fingerprint density at radius 1 is 1.11 bits per heavy atom. The molecule has 5 nitrogen and oxygen atoms in total. The summed E-state index contributed by atoms with van der Waals surface area (Å²) in [5, 5.41) is 9.48. The van der Waals surface area contributed by atoms with Crippen molar-refractivity contribution in [3.63, 3.8) is 0 Å². The van der Waals surface area contributed by atoms with Crippen molar-refractivity contribution < 1.29 is 14.7 Å². The molecule has 94 valence electrons. The number of pyridine rings is 1. The van der Waals surface area contributed by atoms with Crippen molar-refractivity contribution in [2.24, 2.45) is 0 Å². The summed E-state index contributed by atoms with van der Waals surface area (Å²) < 4.78 is 0. The molecule has 1 aromatic heterocycles. The van der Waals surface area contributed by atoms with Gasteiger partial charge in [-0.2, -0.15) is 0 Å². The molecule has 0 radical (unpaired) electrons. The van der Waals surface area contributed by atoms with Gasteiger partial charge in [0.2, 0.25) is 0 Å². The van der Waals surface area contributed by atoms with Gasteiger partial charge in [0, 0.05) is 18.4 Å². The molecule has 18 heavy (non-hydrogen) atoms. The molecule has 0 saturated heterocycles. The maximum atomic E-state index is 12.2. The predicted octanol–water partition coefficient (Wildman–Crippen LogP) is 0.981. The monoisotopic (exact) mass is 246 g/mol. The summed E-state index contributed by atoms with van der Waals surface area (Å²) in [6.45, 7) is 0. The molecule has 1 aliphatic carbocycles. The maximum Gasteiger partial charge on any atom is 0.263 e. The topological polar surface area (TPSA) is 70.5 Å². The molecule has 0 spiro atoms. The third kappa shape index (κ3) is 1.62. The number of aliphatic hydroxyl groups is 1. The minimum absolute atomic E-state index is 0.0826. The Bertz CT molecular complexity index is 472. The van der Waals surface area contributed by atoms with Crippen molar-refractivity contribution in [2.75, 3.05) is 0 Å². The Morgan fingerprint density at radius 2 is 1.78 bits per heavy atom. The number of aliphatic hydroxyl groups excluding tert-OH is 1. The minimum Gasteiger partial charge on any atom is -0.393 e. The van der Waals surface area contributed by atoms with Crippen LogP contribution in [-0.4, -0.2) is 39.0 Å². The van der Waals surface area contributed by atoms with E-state index in [9.17, 15) is 14.7 Å². The summed E-state index contributed by atoms with van der Waals surface area (Å²) in [5.41, 5.74) is 0.842. The van der Waals surface area contributed by atoms with Gasteiger partial charge in [0.05, 0.1) is 17.2 Å². The van der Waals surface area contributed by atoms with E-state index in [4.69, 9.17) is 0 Å². The molecule has 0 bridgehead atoms. The van der Waals surface area contributed by atoms with Crippen LogP contribution in [-0.2, 0) is 0 Å². The number of rotatable bonds is 1. The molecule has 2 amide bonds. The van der Waals surface area contributed by atoms with Gasteiger partial charge in [0.1, 0.15) is 0 Å². The molecular weight excluding hydrogens is 232 g/mol. The highest BCUT2D eigenvalue weighted by Crippen LogP contribution is 2.30. The van der Waals surface area contributed by atoms with Crippen LogP contribution in [0.1, 0.15) is 46.4 Å². The highest BCUT2D eigenvalue weighted by molar-refractivity contribution is 6.21. The molecule has 1 aromatic rings. The largest absolute Gasteiger partial charge is 0.393 e. The van der Waals surface area contributed by atoms with Crippen LogP contribution in [0, 0.1) is 0 Å². The number of fused-ring (bicyclic) bond motifs is 1. The Hall–Kier alpha value is -1.75.